The van der Waals surface area contributed by atoms with E-state index in [0.29, 0.717) is 6.42 Å². The van der Waals surface area contributed by atoms with Gasteiger partial charge in [-0.15, -0.1) is 0 Å². The third kappa shape index (κ3) is 8.30. The zero-order valence-electron chi connectivity index (χ0n) is 14.8. The summed E-state index contributed by atoms with van der Waals surface area (Å²) in [6.45, 7) is 5.18. The van der Waals surface area contributed by atoms with Gasteiger partial charge < -0.3 is 20.9 Å². The smallest absolute Gasteiger partial charge is 0.326 e. The highest BCUT2D eigenvalue weighted by molar-refractivity contribution is 5.87. The lowest BCUT2D eigenvalue weighted by Crippen LogP contribution is -2.49. The molecule has 7 nitrogen and oxygen atoms in total. The predicted molar refractivity (Wildman–Crippen MR) is 92.8 cm³/mol. The number of carboxylic acid groups (broad SMARTS) is 1. The molecule has 0 aliphatic heterocycles. The van der Waals surface area contributed by atoms with Gasteiger partial charge in [0.25, 0.3) is 0 Å². The van der Waals surface area contributed by atoms with E-state index < -0.39 is 35.5 Å². The number of hydrogen-bond donors (Lipinski definition) is 3. The summed E-state index contributed by atoms with van der Waals surface area (Å²) in [6.07, 6.45) is 0.127. The van der Waals surface area contributed by atoms with E-state index in [0.717, 1.165) is 5.56 Å². The first kappa shape index (κ1) is 20.6. The van der Waals surface area contributed by atoms with Gasteiger partial charge in [0.1, 0.15) is 11.6 Å². The first-order chi connectivity index (χ1) is 11.6. The normalized spacial score (nSPS) is 13.6. The molecule has 7 heteroatoms. The Bertz CT molecular complexity index is 595. The first-order valence-corrected chi connectivity index (χ1v) is 8.13. The summed E-state index contributed by atoms with van der Waals surface area (Å²) in [4.78, 5) is 35.1. The molecule has 2 atom stereocenters. The maximum atomic E-state index is 12.1. The zero-order chi connectivity index (χ0) is 19.0. The molecule has 0 bridgehead atoms. The van der Waals surface area contributed by atoms with Crippen LogP contribution < -0.4 is 11.1 Å². The van der Waals surface area contributed by atoms with Gasteiger partial charge in [0.2, 0.25) is 5.91 Å². The second-order valence-electron chi connectivity index (χ2n) is 6.82. The Kier molecular flexibility index (Phi) is 7.57. The Morgan fingerprint density at radius 1 is 1.20 bits per heavy atom. The van der Waals surface area contributed by atoms with Gasteiger partial charge in [0.15, 0.2) is 0 Å². The summed E-state index contributed by atoms with van der Waals surface area (Å²) >= 11 is 0. The second-order valence-corrected chi connectivity index (χ2v) is 6.82. The maximum Gasteiger partial charge on any atom is 0.326 e. The van der Waals surface area contributed by atoms with Crippen LogP contribution in [0.5, 0.6) is 0 Å². The number of carboxylic acids is 1. The van der Waals surface area contributed by atoms with Crippen molar-refractivity contribution in [1.29, 1.82) is 0 Å². The molecule has 1 rings (SSSR count). The molecule has 0 saturated carbocycles. The van der Waals surface area contributed by atoms with Gasteiger partial charge >= 0.3 is 11.9 Å². The maximum absolute atomic E-state index is 12.1. The number of nitrogens with one attached hydrogen (secondary N) is 1. The van der Waals surface area contributed by atoms with E-state index in [-0.39, 0.29) is 12.8 Å². The average Bonchev–Trinajstić information content (AvgIpc) is 2.50. The number of benzene rings is 1. The molecule has 0 heterocycles. The fraction of sp³-hybridized carbons (Fsp3) is 0.500. The van der Waals surface area contributed by atoms with E-state index in [1.54, 1.807) is 20.8 Å². The van der Waals surface area contributed by atoms with Crippen LogP contribution in [0.25, 0.3) is 0 Å². The van der Waals surface area contributed by atoms with Gasteiger partial charge in [-0.05, 0) is 39.2 Å². The highest BCUT2D eigenvalue weighted by Crippen LogP contribution is 2.10. The van der Waals surface area contributed by atoms with Gasteiger partial charge in [0, 0.05) is 6.42 Å². The Morgan fingerprint density at radius 2 is 1.80 bits per heavy atom. The molecule has 138 valence electrons. The number of aliphatic carboxylic acids is 1. The van der Waals surface area contributed by atoms with Gasteiger partial charge in [0.05, 0.1) is 6.04 Å². The Morgan fingerprint density at radius 3 is 2.32 bits per heavy atom. The summed E-state index contributed by atoms with van der Waals surface area (Å²) in [5.41, 5.74) is 6.08. The Hall–Kier alpha value is -2.41. The number of amides is 1. The highest BCUT2D eigenvalue weighted by atomic mass is 16.6. The SMILES string of the molecule is CC(C)(C)OC(=O)CC[C@H](NC(=O)[C@@H](N)Cc1ccccc1)C(=O)O. The zero-order valence-corrected chi connectivity index (χ0v) is 14.8. The van der Waals surface area contributed by atoms with Crippen molar-refractivity contribution in [3.8, 4) is 0 Å². The van der Waals surface area contributed by atoms with Gasteiger partial charge in [-0.25, -0.2) is 4.79 Å². The number of nitrogens with two attached hydrogens (primary N) is 1. The van der Waals surface area contributed by atoms with Crippen molar-refractivity contribution in [3.63, 3.8) is 0 Å². The minimum absolute atomic E-state index is 0.0615. The minimum Gasteiger partial charge on any atom is -0.480 e. The van der Waals surface area contributed by atoms with E-state index in [2.05, 4.69) is 5.32 Å². The number of rotatable bonds is 8. The molecule has 0 aliphatic rings. The van der Waals surface area contributed by atoms with E-state index >= 15 is 0 Å². The van der Waals surface area contributed by atoms with Crippen LogP contribution in [-0.4, -0.2) is 40.6 Å². The van der Waals surface area contributed by atoms with Gasteiger partial charge in [-0.2, -0.15) is 0 Å². The average molecular weight is 350 g/mol. The molecule has 0 unspecified atom stereocenters. The molecule has 4 N–H and O–H groups in total. The molecule has 1 amide bonds. The largest absolute Gasteiger partial charge is 0.480 e. The standard InChI is InChI=1S/C18H26N2O5/c1-18(2,3)25-15(21)10-9-14(17(23)24)20-16(22)13(19)11-12-7-5-4-6-8-12/h4-8,13-14H,9-11,19H2,1-3H3,(H,20,22)(H,23,24)/t13-,14-/m0/s1. The molecule has 0 spiro atoms. The van der Waals surface area contributed by atoms with E-state index in [1.165, 1.54) is 0 Å². The van der Waals surface area contributed by atoms with Crippen LogP contribution in [0, 0.1) is 0 Å². The number of hydrogen-bond acceptors (Lipinski definition) is 5. The van der Waals surface area contributed by atoms with Crippen LogP contribution in [0.2, 0.25) is 0 Å². The molecular formula is C18H26N2O5. The van der Waals surface area contributed by atoms with Crippen LogP contribution in [-0.2, 0) is 25.5 Å². The lowest BCUT2D eigenvalue weighted by molar-refractivity contribution is -0.155. The van der Waals surface area contributed by atoms with Crippen molar-refractivity contribution in [2.45, 2.75) is 57.7 Å². The van der Waals surface area contributed by atoms with Crippen molar-refractivity contribution in [2.75, 3.05) is 0 Å². The van der Waals surface area contributed by atoms with Crippen molar-refractivity contribution in [1.82, 2.24) is 5.32 Å². The summed E-state index contributed by atoms with van der Waals surface area (Å²) < 4.78 is 5.13. The second kappa shape index (κ2) is 9.17. The molecule has 1 aromatic carbocycles. The van der Waals surface area contributed by atoms with Crippen molar-refractivity contribution in [2.24, 2.45) is 5.73 Å². The fourth-order valence-corrected chi connectivity index (χ4v) is 2.15. The highest BCUT2D eigenvalue weighted by Gasteiger charge is 2.25. The molecule has 0 fully saturated rings. The number of carbonyl (C=O) groups is 3. The third-order valence-corrected chi connectivity index (χ3v) is 3.31. The molecular weight excluding hydrogens is 324 g/mol. The van der Waals surface area contributed by atoms with E-state index in [9.17, 15) is 19.5 Å². The quantitative estimate of drug-likeness (QED) is 0.607. The lowest BCUT2D eigenvalue weighted by Gasteiger charge is -2.21. The predicted octanol–water partition coefficient (Wildman–Crippen LogP) is 1.25. The third-order valence-electron chi connectivity index (χ3n) is 3.31. The van der Waals surface area contributed by atoms with Crippen LogP contribution in [0.1, 0.15) is 39.2 Å². The van der Waals surface area contributed by atoms with E-state index in [1.807, 2.05) is 30.3 Å². The Labute approximate surface area is 147 Å². The molecule has 0 aromatic heterocycles. The molecule has 25 heavy (non-hydrogen) atoms. The molecule has 0 radical (unpaired) electrons. The van der Waals surface area contributed by atoms with Crippen LogP contribution in [0.15, 0.2) is 30.3 Å². The minimum atomic E-state index is -1.22. The number of ether oxygens (including phenoxy) is 1. The topological polar surface area (TPSA) is 119 Å². The van der Waals surface area contributed by atoms with Crippen LogP contribution in [0.4, 0.5) is 0 Å². The van der Waals surface area contributed by atoms with Crippen molar-refractivity contribution >= 4 is 17.8 Å². The van der Waals surface area contributed by atoms with E-state index in [4.69, 9.17) is 10.5 Å². The number of esters is 1. The lowest BCUT2D eigenvalue weighted by atomic mass is 10.1. The summed E-state index contributed by atoms with van der Waals surface area (Å²) in [7, 11) is 0. The summed E-state index contributed by atoms with van der Waals surface area (Å²) in [5.74, 6) is -2.30. The van der Waals surface area contributed by atoms with Crippen LogP contribution >= 0.6 is 0 Å². The van der Waals surface area contributed by atoms with Crippen molar-refractivity contribution in [3.05, 3.63) is 35.9 Å². The summed E-state index contributed by atoms with van der Waals surface area (Å²) in [6, 6.07) is 7.13. The van der Waals surface area contributed by atoms with Gasteiger partial charge in [-0.3, -0.25) is 9.59 Å². The molecule has 0 saturated heterocycles. The summed E-state index contributed by atoms with van der Waals surface area (Å²) in [5, 5.41) is 11.6. The Balaban J connectivity index is 2.54. The van der Waals surface area contributed by atoms with Crippen molar-refractivity contribution < 1.29 is 24.2 Å². The molecule has 0 aliphatic carbocycles. The first-order valence-electron chi connectivity index (χ1n) is 8.13. The fourth-order valence-electron chi connectivity index (χ4n) is 2.15. The van der Waals surface area contributed by atoms with Crippen LogP contribution in [0.3, 0.4) is 0 Å². The monoisotopic (exact) mass is 350 g/mol. The molecule has 1 aromatic rings. The van der Waals surface area contributed by atoms with Gasteiger partial charge in [-0.1, -0.05) is 30.3 Å². The number of carbonyl (C=O) groups excluding carboxylic acids is 2.